The van der Waals surface area contributed by atoms with E-state index in [9.17, 15) is 4.79 Å². The molecule has 0 saturated carbocycles. The summed E-state index contributed by atoms with van der Waals surface area (Å²) in [6, 6.07) is 17.7. The standard InChI is InChI=1S/C23H20N4O2S2/c1-3-29-18-10-8-17(9-11-18)27-20-7-5-4-6-19(20)25-23(27)31-14-16-12-21(28)26-15(2)13-30-22(26)24-16/h4-13H,3,14H2,1-2H3. The van der Waals surface area contributed by atoms with Crippen molar-refractivity contribution in [3.8, 4) is 11.4 Å². The minimum Gasteiger partial charge on any atom is -0.494 e. The van der Waals surface area contributed by atoms with Crippen LogP contribution in [0.25, 0.3) is 21.7 Å². The number of nitrogens with zero attached hydrogens (tertiary/aromatic N) is 4. The molecule has 0 aliphatic carbocycles. The highest BCUT2D eigenvalue weighted by atomic mass is 32.2. The van der Waals surface area contributed by atoms with E-state index in [0.717, 1.165) is 44.0 Å². The van der Waals surface area contributed by atoms with Crippen molar-refractivity contribution in [2.24, 2.45) is 0 Å². The molecule has 5 rings (SSSR count). The van der Waals surface area contributed by atoms with Crippen LogP contribution in [0, 0.1) is 6.92 Å². The first-order valence-corrected chi connectivity index (χ1v) is 11.8. The van der Waals surface area contributed by atoms with Crippen molar-refractivity contribution >= 4 is 39.1 Å². The summed E-state index contributed by atoms with van der Waals surface area (Å²) in [6.07, 6.45) is 0. The quantitative estimate of drug-likeness (QED) is 0.339. The molecule has 156 valence electrons. The highest BCUT2D eigenvalue weighted by molar-refractivity contribution is 7.98. The van der Waals surface area contributed by atoms with E-state index in [0.29, 0.717) is 12.4 Å². The number of benzene rings is 2. The maximum absolute atomic E-state index is 12.5. The van der Waals surface area contributed by atoms with E-state index in [1.165, 1.54) is 11.3 Å². The molecule has 6 nitrogen and oxygen atoms in total. The van der Waals surface area contributed by atoms with E-state index in [2.05, 4.69) is 15.6 Å². The lowest BCUT2D eigenvalue weighted by atomic mass is 10.2. The van der Waals surface area contributed by atoms with E-state index < -0.39 is 0 Å². The van der Waals surface area contributed by atoms with Crippen LogP contribution in [0.1, 0.15) is 18.3 Å². The molecule has 0 unspecified atom stereocenters. The first-order valence-electron chi connectivity index (χ1n) is 9.94. The van der Waals surface area contributed by atoms with Gasteiger partial charge in [-0.15, -0.1) is 11.3 Å². The van der Waals surface area contributed by atoms with Crippen molar-refractivity contribution in [2.45, 2.75) is 24.8 Å². The van der Waals surface area contributed by atoms with Crippen molar-refractivity contribution in [1.29, 1.82) is 0 Å². The van der Waals surface area contributed by atoms with Gasteiger partial charge in [-0.25, -0.2) is 9.97 Å². The lowest BCUT2D eigenvalue weighted by Gasteiger charge is -2.10. The number of fused-ring (bicyclic) bond motifs is 2. The van der Waals surface area contributed by atoms with Gasteiger partial charge in [-0.2, -0.15) is 0 Å². The predicted octanol–water partition coefficient (Wildman–Crippen LogP) is 5.09. The summed E-state index contributed by atoms with van der Waals surface area (Å²) < 4.78 is 9.36. The number of hydrogen-bond donors (Lipinski definition) is 0. The van der Waals surface area contributed by atoms with Crippen LogP contribution in [0.3, 0.4) is 0 Å². The molecule has 0 aliphatic heterocycles. The zero-order chi connectivity index (χ0) is 21.4. The van der Waals surface area contributed by atoms with Gasteiger partial charge in [0.2, 0.25) is 0 Å². The number of hydrogen-bond acceptors (Lipinski definition) is 6. The summed E-state index contributed by atoms with van der Waals surface area (Å²) in [5.74, 6) is 1.40. The third-order valence-electron chi connectivity index (χ3n) is 4.91. The predicted molar refractivity (Wildman–Crippen MR) is 126 cm³/mol. The molecule has 0 aliphatic rings. The Labute approximate surface area is 187 Å². The average Bonchev–Trinajstić information content (AvgIpc) is 3.34. The van der Waals surface area contributed by atoms with Crippen LogP contribution in [0.15, 0.2) is 69.9 Å². The van der Waals surface area contributed by atoms with Crippen LogP contribution in [0.4, 0.5) is 0 Å². The maximum atomic E-state index is 12.5. The van der Waals surface area contributed by atoms with Gasteiger partial charge in [-0.1, -0.05) is 23.9 Å². The van der Waals surface area contributed by atoms with Gasteiger partial charge in [0.15, 0.2) is 10.1 Å². The normalized spacial score (nSPS) is 11.4. The molecule has 2 aromatic carbocycles. The lowest BCUT2D eigenvalue weighted by Crippen LogP contribution is -2.14. The van der Waals surface area contributed by atoms with Crippen LogP contribution in [0.5, 0.6) is 5.75 Å². The summed E-state index contributed by atoms with van der Waals surface area (Å²) in [5.41, 5.74) is 4.59. The molecule has 0 fully saturated rings. The summed E-state index contributed by atoms with van der Waals surface area (Å²) in [6.45, 7) is 4.52. The number of aromatic nitrogens is 4. The molecule has 8 heteroatoms. The Kier molecular flexibility index (Phi) is 5.25. The average molecular weight is 449 g/mol. The first kappa shape index (κ1) is 19.8. The summed E-state index contributed by atoms with van der Waals surface area (Å²) >= 11 is 3.06. The van der Waals surface area contributed by atoms with Crippen molar-refractivity contribution < 1.29 is 4.74 Å². The Morgan fingerprint density at radius 3 is 2.71 bits per heavy atom. The largest absolute Gasteiger partial charge is 0.494 e. The zero-order valence-electron chi connectivity index (χ0n) is 17.1. The molecule has 3 heterocycles. The molecule has 0 radical (unpaired) electrons. The fourth-order valence-electron chi connectivity index (χ4n) is 3.52. The van der Waals surface area contributed by atoms with Crippen LogP contribution in [-0.2, 0) is 5.75 Å². The molecular weight excluding hydrogens is 428 g/mol. The number of imidazole rings is 1. The van der Waals surface area contributed by atoms with Gasteiger partial charge >= 0.3 is 0 Å². The van der Waals surface area contributed by atoms with Gasteiger partial charge in [0.05, 0.1) is 23.3 Å². The smallest absolute Gasteiger partial charge is 0.258 e. The van der Waals surface area contributed by atoms with Gasteiger partial charge in [0.1, 0.15) is 5.75 Å². The molecule has 0 N–H and O–H groups in total. The van der Waals surface area contributed by atoms with E-state index in [4.69, 9.17) is 9.72 Å². The number of ether oxygens (including phenoxy) is 1. The third-order valence-corrected chi connectivity index (χ3v) is 6.83. The van der Waals surface area contributed by atoms with Crippen LogP contribution in [-0.4, -0.2) is 25.5 Å². The molecule has 0 saturated heterocycles. The number of thioether (sulfide) groups is 1. The Morgan fingerprint density at radius 1 is 1.10 bits per heavy atom. The second-order valence-electron chi connectivity index (χ2n) is 7.01. The van der Waals surface area contributed by atoms with Crippen molar-refractivity contribution in [3.63, 3.8) is 0 Å². The molecule has 3 aromatic heterocycles. The minimum atomic E-state index is -0.0423. The Balaban J connectivity index is 1.51. The Hall–Kier alpha value is -3.10. The molecular formula is C23H20N4O2S2. The second-order valence-corrected chi connectivity index (χ2v) is 8.79. The number of thiazole rings is 1. The van der Waals surface area contributed by atoms with E-state index in [1.807, 2.05) is 61.7 Å². The molecule has 0 bridgehead atoms. The fraction of sp³-hybridized carbons (Fsp3) is 0.174. The molecule has 0 amide bonds. The monoisotopic (exact) mass is 448 g/mol. The third kappa shape index (κ3) is 3.73. The van der Waals surface area contributed by atoms with Gasteiger partial charge < -0.3 is 4.74 Å². The van der Waals surface area contributed by atoms with Crippen LogP contribution in [0.2, 0.25) is 0 Å². The summed E-state index contributed by atoms with van der Waals surface area (Å²) in [7, 11) is 0. The SMILES string of the molecule is CCOc1ccc(-n2c(SCc3cc(=O)n4c(C)csc4n3)nc3ccccc32)cc1. The zero-order valence-corrected chi connectivity index (χ0v) is 18.7. The lowest BCUT2D eigenvalue weighted by molar-refractivity contribution is 0.340. The number of aryl methyl sites for hydroxylation is 1. The van der Waals surface area contributed by atoms with Gasteiger partial charge in [-0.05, 0) is 50.2 Å². The van der Waals surface area contributed by atoms with Crippen LogP contribution >= 0.6 is 23.1 Å². The summed E-state index contributed by atoms with van der Waals surface area (Å²) in [4.78, 5) is 22.7. The van der Waals surface area contributed by atoms with E-state index >= 15 is 0 Å². The number of rotatable bonds is 6. The van der Waals surface area contributed by atoms with Gasteiger partial charge in [-0.3, -0.25) is 13.8 Å². The minimum absolute atomic E-state index is 0.0423. The van der Waals surface area contributed by atoms with Crippen molar-refractivity contribution in [3.05, 3.63) is 81.7 Å². The van der Waals surface area contributed by atoms with Crippen molar-refractivity contribution in [1.82, 2.24) is 18.9 Å². The van der Waals surface area contributed by atoms with E-state index in [1.54, 1.807) is 22.2 Å². The highest BCUT2D eigenvalue weighted by Crippen LogP contribution is 2.30. The van der Waals surface area contributed by atoms with Gasteiger partial charge in [0.25, 0.3) is 5.56 Å². The molecule has 0 spiro atoms. The Bertz CT molecular complexity index is 1430. The molecule has 31 heavy (non-hydrogen) atoms. The van der Waals surface area contributed by atoms with Crippen LogP contribution < -0.4 is 10.3 Å². The highest BCUT2D eigenvalue weighted by Gasteiger charge is 2.14. The maximum Gasteiger partial charge on any atom is 0.258 e. The number of para-hydroxylation sites is 2. The summed E-state index contributed by atoms with van der Waals surface area (Å²) in [5, 5.41) is 2.81. The molecule has 5 aromatic rings. The van der Waals surface area contributed by atoms with E-state index in [-0.39, 0.29) is 5.56 Å². The second kappa shape index (κ2) is 8.20. The molecule has 0 atom stereocenters. The first-order chi connectivity index (χ1) is 15.1. The van der Waals surface area contributed by atoms with Crippen molar-refractivity contribution in [2.75, 3.05) is 6.61 Å². The van der Waals surface area contributed by atoms with Gasteiger partial charge in [0, 0.05) is 28.6 Å². The fourth-order valence-corrected chi connectivity index (χ4v) is 5.33. The topological polar surface area (TPSA) is 61.4 Å². The Morgan fingerprint density at radius 2 is 1.90 bits per heavy atom.